The van der Waals surface area contributed by atoms with E-state index in [1.165, 1.54) is 7.11 Å². The second-order valence-corrected chi connectivity index (χ2v) is 8.95. The van der Waals surface area contributed by atoms with Crippen LogP contribution in [0.1, 0.15) is 21.5 Å². The molecule has 1 heterocycles. The number of sulfonamides is 1. The van der Waals surface area contributed by atoms with E-state index in [1.807, 2.05) is 47.9 Å². The van der Waals surface area contributed by atoms with Crippen LogP contribution in [0.15, 0.2) is 83.9 Å². The molecule has 31 heavy (non-hydrogen) atoms. The van der Waals surface area contributed by atoms with E-state index < -0.39 is 16.0 Å². The van der Waals surface area contributed by atoms with Gasteiger partial charge in [0.25, 0.3) is 10.0 Å². The van der Waals surface area contributed by atoms with Crippen LogP contribution < -0.4 is 4.72 Å². The minimum atomic E-state index is -3.83. The van der Waals surface area contributed by atoms with E-state index in [9.17, 15) is 13.2 Å². The molecule has 0 bridgehead atoms. The third-order valence-corrected chi connectivity index (χ3v) is 6.46. The molecule has 0 spiro atoms. The fourth-order valence-corrected chi connectivity index (χ4v) is 4.61. The first kappa shape index (κ1) is 20.7. The second kappa shape index (κ2) is 8.28. The molecular weight excluding hydrogens is 412 g/mol. The normalized spacial score (nSPS) is 11.4. The van der Waals surface area contributed by atoms with Crippen LogP contribution in [0.3, 0.4) is 0 Å². The lowest BCUT2D eigenvalue weighted by atomic mass is 10.1. The van der Waals surface area contributed by atoms with Crippen molar-refractivity contribution in [1.82, 2.24) is 4.57 Å². The first-order valence-corrected chi connectivity index (χ1v) is 11.2. The highest BCUT2D eigenvalue weighted by Gasteiger charge is 2.22. The number of esters is 1. The zero-order valence-electron chi connectivity index (χ0n) is 17.2. The number of benzene rings is 3. The fourth-order valence-electron chi connectivity index (χ4n) is 3.53. The maximum atomic E-state index is 13.0. The van der Waals surface area contributed by atoms with Gasteiger partial charge in [-0.1, -0.05) is 54.1 Å². The highest BCUT2D eigenvalue weighted by atomic mass is 32.2. The summed E-state index contributed by atoms with van der Waals surface area (Å²) in [7, 11) is -2.52. The van der Waals surface area contributed by atoms with Crippen molar-refractivity contribution in [3.8, 4) is 0 Å². The van der Waals surface area contributed by atoms with Gasteiger partial charge in [-0.25, -0.2) is 13.2 Å². The third kappa shape index (κ3) is 4.18. The number of rotatable bonds is 6. The van der Waals surface area contributed by atoms with Crippen LogP contribution >= 0.6 is 0 Å². The second-order valence-electron chi connectivity index (χ2n) is 7.27. The molecule has 0 amide bonds. The highest BCUT2D eigenvalue weighted by molar-refractivity contribution is 7.92. The summed E-state index contributed by atoms with van der Waals surface area (Å²) in [5, 5.41) is 0.501. The maximum absolute atomic E-state index is 13.0. The number of nitrogens with zero attached hydrogens (tertiary/aromatic N) is 1. The van der Waals surface area contributed by atoms with E-state index in [4.69, 9.17) is 4.74 Å². The molecule has 0 aliphatic carbocycles. The van der Waals surface area contributed by atoms with E-state index in [2.05, 4.69) is 4.72 Å². The Labute approximate surface area is 181 Å². The Hall–Kier alpha value is -3.58. The van der Waals surface area contributed by atoms with Crippen molar-refractivity contribution in [2.24, 2.45) is 0 Å². The lowest BCUT2D eigenvalue weighted by molar-refractivity contribution is 0.0602. The number of anilines is 1. The minimum absolute atomic E-state index is 0.151. The summed E-state index contributed by atoms with van der Waals surface area (Å²) in [5.41, 5.74) is 3.38. The van der Waals surface area contributed by atoms with Crippen LogP contribution in [-0.4, -0.2) is 26.1 Å². The Morgan fingerprint density at radius 1 is 0.968 bits per heavy atom. The molecule has 1 aromatic heterocycles. The number of nitrogens with one attached hydrogen (secondary N) is 1. The van der Waals surface area contributed by atoms with Gasteiger partial charge in [0.15, 0.2) is 0 Å². The smallest absolute Gasteiger partial charge is 0.340 e. The van der Waals surface area contributed by atoms with Crippen molar-refractivity contribution < 1.29 is 17.9 Å². The summed E-state index contributed by atoms with van der Waals surface area (Å²) >= 11 is 0. The number of ether oxygens (including phenoxy) is 1. The van der Waals surface area contributed by atoms with Crippen LogP contribution in [0.25, 0.3) is 10.9 Å². The lowest BCUT2D eigenvalue weighted by Crippen LogP contribution is -2.13. The molecule has 158 valence electrons. The monoisotopic (exact) mass is 434 g/mol. The summed E-state index contributed by atoms with van der Waals surface area (Å²) in [6.07, 6.45) is 1.70. The fraction of sp³-hybridized carbons (Fsp3) is 0.125. The topological polar surface area (TPSA) is 77.4 Å². The summed E-state index contributed by atoms with van der Waals surface area (Å²) < 4.78 is 35.5. The molecule has 0 atom stereocenters. The molecule has 0 saturated heterocycles. The number of hydrogen-bond donors (Lipinski definition) is 1. The molecule has 3 aromatic carbocycles. The Balaban J connectivity index is 1.82. The van der Waals surface area contributed by atoms with Gasteiger partial charge in [0, 0.05) is 18.1 Å². The van der Waals surface area contributed by atoms with Crippen molar-refractivity contribution in [2.75, 3.05) is 11.8 Å². The van der Waals surface area contributed by atoms with Crippen LogP contribution in [-0.2, 0) is 21.3 Å². The van der Waals surface area contributed by atoms with Gasteiger partial charge >= 0.3 is 5.97 Å². The predicted molar refractivity (Wildman–Crippen MR) is 121 cm³/mol. The van der Waals surface area contributed by atoms with Gasteiger partial charge in [-0.15, -0.1) is 0 Å². The molecule has 0 saturated carbocycles. The number of carbonyl (C=O) groups excluding carboxylic acids is 1. The Bertz CT molecular complexity index is 1340. The van der Waals surface area contributed by atoms with Gasteiger partial charge in [0.1, 0.15) is 0 Å². The van der Waals surface area contributed by atoms with Crippen molar-refractivity contribution in [3.63, 3.8) is 0 Å². The summed E-state index contributed by atoms with van der Waals surface area (Å²) in [6, 6.07) is 21.7. The van der Waals surface area contributed by atoms with Gasteiger partial charge in [-0.05, 0) is 36.8 Å². The molecule has 0 fully saturated rings. The van der Waals surface area contributed by atoms with E-state index >= 15 is 0 Å². The average molecular weight is 435 g/mol. The maximum Gasteiger partial charge on any atom is 0.340 e. The van der Waals surface area contributed by atoms with Gasteiger partial charge in [-0.2, -0.15) is 0 Å². The van der Waals surface area contributed by atoms with Crippen molar-refractivity contribution in [3.05, 3.63) is 95.7 Å². The number of carbonyl (C=O) groups is 1. The third-order valence-electron chi connectivity index (χ3n) is 5.08. The van der Waals surface area contributed by atoms with Crippen LogP contribution in [0.2, 0.25) is 0 Å². The molecule has 7 heteroatoms. The zero-order chi connectivity index (χ0) is 22.0. The zero-order valence-corrected chi connectivity index (χ0v) is 18.0. The molecule has 0 radical (unpaired) electrons. The summed E-state index contributed by atoms with van der Waals surface area (Å²) in [6.45, 7) is 2.42. The molecule has 1 N–H and O–H groups in total. The largest absolute Gasteiger partial charge is 0.465 e. The van der Waals surface area contributed by atoms with Gasteiger partial charge in [0.2, 0.25) is 0 Å². The number of aryl methyl sites for hydroxylation is 1. The van der Waals surface area contributed by atoms with E-state index in [1.54, 1.807) is 42.6 Å². The van der Waals surface area contributed by atoms with Gasteiger partial charge < -0.3 is 9.30 Å². The van der Waals surface area contributed by atoms with Crippen LogP contribution in [0, 0.1) is 6.92 Å². The molecule has 4 rings (SSSR count). The Morgan fingerprint density at radius 2 is 1.68 bits per heavy atom. The summed E-state index contributed by atoms with van der Waals surface area (Å²) in [4.78, 5) is 12.7. The van der Waals surface area contributed by atoms with Crippen LogP contribution in [0.4, 0.5) is 5.69 Å². The molecule has 0 unspecified atom stereocenters. The first-order chi connectivity index (χ1) is 14.9. The SMILES string of the molecule is COC(=O)c1cn(Cc2ccccc2)c2cccc(NS(=O)(=O)c3ccc(C)cc3)c12. The van der Waals surface area contributed by atoms with E-state index in [-0.39, 0.29) is 4.90 Å². The van der Waals surface area contributed by atoms with Crippen molar-refractivity contribution >= 4 is 32.6 Å². The number of methoxy groups -OCH3 is 1. The van der Waals surface area contributed by atoms with Crippen LogP contribution in [0.5, 0.6) is 0 Å². The van der Waals surface area contributed by atoms with Gasteiger partial charge in [-0.3, -0.25) is 4.72 Å². The molecule has 6 nitrogen and oxygen atoms in total. The van der Waals surface area contributed by atoms with Crippen molar-refractivity contribution in [2.45, 2.75) is 18.4 Å². The standard InChI is InChI=1S/C24H22N2O4S/c1-17-11-13-19(14-12-17)31(28,29)25-21-9-6-10-22-23(21)20(24(27)30-2)16-26(22)15-18-7-4-3-5-8-18/h3-14,16,25H,15H2,1-2H3. The summed E-state index contributed by atoms with van der Waals surface area (Å²) in [5.74, 6) is -0.529. The number of aromatic nitrogens is 1. The quantitative estimate of drug-likeness (QED) is 0.451. The Morgan fingerprint density at radius 3 is 2.35 bits per heavy atom. The molecular formula is C24H22N2O4S. The average Bonchev–Trinajstić information content (AvgIpc) is 3.13. The lowest BCUT2D eigenvalue weighted by Gasteiger charge is -2.11. The minimum Gasteiger partial charge on any atom is -0.465 e. The highest BCUT2D eigenvalue weighted by Crippen LogP contribution is 2.32. The molecule has 0 aliphatic rings. The predicted octanol–water partition coefficient (Wildman–Crippen LogP) is 4.59. The Kier molecular flexibility index (Phi) is 5.52. The van der Waals surface area contributed by atoms with Crippen molar-refractivity contribution in [1.29, 1.82) is 0 Å². The van der Waals surface area contributed by atoms with E-state index in [0.717, 1.165) is 16.6 Å². The molecule has 4 aromatic rings. The van der Waals surface area contributed by atoms with Gasteiger partial charge in [0.05, 0.1) is 28.8 Å². The van der Waals surface area contributed by atoms with E-state index in [0.29, 0.717) is 23.2 Å². The molecule has 0 aliphatic heterocycles. The number of fused-ring (bicyclic) bond motifs is 1. The number of hydrogen-bond acceptors (Lipinski definition) is 4. The first-order valence-electron chi connectivity index (χ1n) is 9.72.